The number of hydrogen-bond acceptors (Lipinski definition) is 4. The highest BCUT2D eigenvalue weighted by Crippen LogP contribution is 2.13. The van der Waals surface area contributed by atoms with Crippen LogP contribution in [0.2, 0.25) is 0 Å². The summed E-state index contributed by atoms with van der Waals surface area (Å²) in [6.45, 7) is 1.73. The van der Waals surface area contributed by atoms with Gasteiger partial charge in [0, 0.05) is 5.38 Å². The second-order valence-corrected chi connectivity index (χ2v) is 4.41. The average Bonchev–Trinajstić information content (AvgIpc) is 2.50. The Morgan fingerprint density at radius 1 is 1.83 bits per heavy atom. The largest absolute Gasteiger partial charge is 0.296 e. The predicted molar refractivity (Wildman–Crippen MR) is 50.2 cm³/mol. The summed E-state index contributed by atoms with van der Waals surface area (Å²) in [4.78, 5) is 25.1. The van der Waals surface area contributed by atoms with Crippen molar-refractivity contribution in [1.29, 1.82) is 0 Å². The third-order valence-electron chi connectivity index (χ3n) is 1.21. The SMILES string of the molecule is CC(Br)C(=O)c1nc(C=O)cs1. The number of rotatable bonds is 3. The number of nitrogens with zero attached hydrogens (tertiary/aromatic N) is 1. The van der Waals surface area contributed by atoms with Crippen LogP contribution in [0.25, 0.3) is 0 Å². The van der Waals surface area contributed by atoms with Crippen molar-refractivity contribution in [3.8, 4) is 0 Å². The monoisotopic (exact) mass is 247 g/mol. The van der Waals surface area contributed by atoms with Crippen LogP contribution in [0.3, 0.4) is 0 Å². The Morgan fingerprint density at radius 3 is 2.92 bits per heavy atom. The van der Waals surface area contributed by atoms with Gasteiger partial charge >= 0.3 is 0 Å². The minimum absolute atomic E-state index is 0.0897. The molecule has 0 aromatic carbocycles. The van der Waals surface area contributed by atoms with Crippen LogP contribution in [0.15, 0.2) is 5.38 Å². The van der Waals surface area contributed by atoms with Gasteiger partial charge in [0.1, 0.15) is 5.69 Å². The number of hydrogen-bond donors (Lipinski definition) is 0. The van der Waals surface area contributed by atoms with E-state index in [9.17, 15) is 9.59 Å². The van der Waals surface area contributed by atoms with Crippen molar-refractivity contribution >= 4 is 39.3 Å². The maximum atomic E-state index is 11.3. The van der Waals surface area contributed by atoms with Crippen LogP contribution >= 0.6 is 27.3 Å². The Kier molecular flexibility index (Phi) is 3.11. The highest BCUT2D eigenvalue weighted by atomic mass is 79.9. The van der Waals surface area contributed by atoms with E-state index in [0.717, 1.165) is 0 Å². The first-order valence-corrected chi connectivity index (χ1v) is 5.03. The van der Waals surface area contributed by atoms with E-state index in [1.54, 1.807) is 12.3 Å². The molecular formula is C7H6BrNO2S. The number of aromatic nitrogens is 1. The Morgan fingerprint density at radius 2 is 2.50 bits per heavy atom. The van der Waals surface area contributed by atoms with Crippen LogP contribution in [0.1, 0.15) is 27.2 Å². The zero-order chi connectivity index (χ0) is 9.14. The lowest BCUT2D eigenvalue weighted by Crippen LogP contribution is -2.09. The van der Waals surface area contributed by atoms with Gasteiger partial charge in [-0.2, -0.15) is 0 Å². The molecule has 12 heavy (non-hydrogen) atoms. The lowest BCUT2D eigenvalue weighted by atomic mass is 10.3. The second kappa shape index (κ2) is 3.91. The molecule has 1 atom stereocenters. The van der Waals surface area contributed by atoms with Crippen LogP contribution < -0.4 is 0 Å². The highest BCUT2D eigenvalue weighted by Gasteiger charge is 2.15. The van der Waals surface area contributed by atoms with Crippen molar-refractivity contribution in [2.75, 3.05) is 0 Å². The molecular weight excluding hydrogens is 242 g/mol. The van der Waals surface area contributed by atoms with Gasteiger partial charge in [-0.15, -0.1) is 11.3 Å². The molecule has 0 saturated heterocycles. The van der Waals surface area contributed by atoms with Crippen molar-refractivity contribution in [3.05, 3.63) is 16.1 Å². The van der Waals surface area contributed by atoms with E-state index in [0.29, 0.717) is 17.0 Å². The normalized spacial score (nSPS) is 12.5. The van der Waals surface area contributed by atoms with Gasteiger partial charge in [-0.05, 0) is 6.92 Å². The molecule has 1 unspecified atom stereocenters. The number of carbonyl (C=O) groups excluding carboxylic acids is 2. The summed E-state index contributed by atoms with van der Waals surface area (Å²) >= 11 is 4.33. The van der Waals surface area contributed by atoms with Gasteiger partial charge in [0.05, 0.1) is 4.83 Å². The molecule has 0 amide bonds. The molecule has 1 aromatic rings. The molecule has 0 fully saturated rings. The van der Waals surface area contributed by atoms with Gasteiger partial charge in [0.25, 0.3) is 0 Å². The van der Waals surface area contributed by atoms with Crippen LogP contribution in [0.4, 0.5) is 0 Å². The van der Waals surface area contributed by atoms with E-state index < -0.39 is 0 Å². The number of thiazole rings is 1. The van der Waals surface area contributed by atoms with Gasteiger partial charge in [-0.25, -0.2) is 4.98 Å². The molecule has 0 spiro atoms. The third-order valence-corrected chi connectivity index (χ3v) is 2.51. The van der Waals surface area contributed by atoms with E-state index in [-0.39, 0.29) is 10.6 Å². The number of carbonyl (C=O) groups is 2. The average molecular weight is 248 g/mol. The number of halogens is 1. The van der Waals surface area contributed by atoms with E-state index >= 15 is 0 Å². The summed E-state index contributed by atoms with van der Waals surface area (Å²) in [6, 6.07) is 0. The van der Waals surface area contributed by atoms with Crippen LogP contribution in [0, 0.1) is 0 Å². The molecule has 0 aliphatic carbocycles. The number of aldehydes is 1. The number of Topliss-reactive ketones (excluding diaryl/α,β-unsaturated/α-hetero) is 1. The molecule has 0 radical (unpaired) electrons. The predicted octanol–water partition coefficient (Wildman–Crippen LogP) is 1.92. The van der Waals surface area contributed by atoms with E-state index in [1.807, 2.05) is 0 Å². The molecule has 1 rings (SSSR count). The molecule has 64 valence electrons. The summed E-state index contributed by atoms with van der Waals surface area (Å²) in [5.41, 5.74) is 0.316. The summed E-state index contributed by atoms with van der Waals surface area (Å²) in [7, 11) is 0. The summed E-state index contributed by atoms with van der Waals surface area (Å²) in [5, 5.41) is 1.94. The first kappa shape index (κ1) is 9.54. The molecule has 5 heteroatoms. The Bertz CT molecular complexity index is 308. The molecule has 0 aliphatic rings. The summed E-state index contributed by atoms with van der Waals surface area (Å²) < 4.78 is 0. The van der Waals surface area contributed by atoms with E-state index in [1.165, 1.54) is 11.3 Å². The van der Waals surface area contributed by atoms with Crippen molar-refractivity contribution < 1.29 is 9.59 Å². The first-order chi connectivity index (χ1) is 5.65. The topological polar surface area (TPSA) is 47.0 Å². The maximum Gasteiger partial charge on any atom is 0.204 e. The zero-order valence-corrected chi connectivity index (χ0v) is 8.68. The Hall–Kier alpha value is -0.550. The molecule has 1 heterocycles. The van der Waals surface area contributed by atoms with Gasteiger partial charge in [-0.3, -0.25) is 9.59 Å². The fourth-order valence-corrected chi connectivity index (χ4v) is 1.78. The fraction of sp³-hybridized carbons (Fsp3) is 0.286. The molecule has 0 N–H and O–H groups in total. The van der Waals surface area contributed by atoms with Crippen LogP contribution in [0.5, 0.6) is 0 Å². The lowest BCUT2D eigenvalue weighted by molar-refractivity contribution is 0.0995. The third kappa shape index (κ3) is 1.98. The van der Waals surface area contributed by atoms with E-state index in [2.05, 4.69) is 20.9 Å². The quantitative estimate of drug-likeness (QED) is 0.466. The molecule has 0 bridgehead atoms. The summed E-state index contributed by atoms with van der Waals surface area (Å²) in [6.07, 6.45) is 0.631. The minimum Gasteiger partial charge on any atom is -0.296 e. The molecule has 3 nitrogen and oxygen atoms in total. The summed E-state index contributed by atoms with van der Waals surface area (Å²) in [5.74, 6) is -0.0897. The lowest BCUT2D eigenvalue weighted by Gasteiger charge is -1.95. The Labute approximate surface area is 81.9 Å². The standard InChI is InChI=1S/C7H6BrNO2S/c1-4(8)6(11)7-9-5(2-10)3-12-7/h2-4H,1H3. The number of alkyl halides is 1. The second-order valence-electron chi connectivity index (χ2n) is 2.18. The van der Waals surface area contributed by atoms with Gasteiger partial charge in [0.2, 0.25) is 5.78 Å². The van der Waals surface area contributed by atoms with Crippen LogP contribution in [-0.2, 0) is 0 Å². The zero-order valence-electron chi connectivity index (χ0n) is 6.28. The number of ketones is 1. The van der Waals surface area contributed by atoms with E-state index in [4.69, 9.17) is 0 Å². The highest BCUT2D eigenvalue weighted by molar-refractivity contribution is 9.10. The minimum atomic E-state index is -0.247. The first-order valence-electron chi connectivity index (χ1n) is 3.24. The van der Waals surface area contributed by atoms with Gasteiger partial charge in [-0.1, -0.05) is 15.9 Å². The Balaban J connectivity index is 2.89. The van der Waals surface area contributed by atoms with Crippen LogP contribution in [-0.4, -0.2) is 21.9 Å². The van der Waals surface area contributed by atoms with Gasteiger partial charge < -0.3 is 0 Å². The molecule has 0 saturated carbocycles. The fourth-order valence-electron chi connectivity index (χ4n) is 0.624. The van der Waals surface area contributed by atoms with Crippen molar-refractivity contribution in [3.63, 3.8) is 0 Å². The molecule has 0 aliphatic heterocycles. The van der Waals surface area contributed by atoms with Gasteiger partial charge in [0.15, 0.2) is 11.3 Å². The van der Waals surface area contributed by atoms with Crippen molar-refractivity contribution in [2.45, 2.75) is 11.8 Å². The van der Waals surface area contributed by atoms with Crippen molar-refractivity contribution in [1.82, 2.24) is 4.98 Å². The van der Waals surface area contributed by atoms with Crippen molar-refractivity contribution in [2.24, 2.45) is 0 Å². The molecule has 1 aromatic heterocycles. The smallest absolute Gasteiger partial charge is 0.204 e. The maximum absolute atomic E-state index is 11.3.